The Morgan fingerprint density at radius 1 is 1.12 bits per heavy atom. The van der Waals surface area contributed by atoms with Crippen molar-refractivity contribution < 1.29 is 9.53 Å². The molecule has 0 aliphatic heterocycles. The first-order valence-corrected chi connectivity index (χ1v) is 6.96. The number of carbonyl (C=O) groups excluding carboxylic acids is 1. The smallest absolute Gasteiger partial charge is 0.309 e. The second-order valence-electron chi connectivity index (χ2n) is 4.91. The summed E-state index contributed by atoms with van der Waals surface area (Å²) >= 11 is 0. The van der Waals surface area contributed by atoms with Crippen LogP contribution in [0.15, 0.2) is 0 Å². The maximum absolute atomic E-state index is 11.4. The third-order valence-electron chi connectivity index (χ3n) is 3.44. The van der Waals surface area contributed by atoms with Crippen molar-refractivity contribution in [1.29, 1.82) is 0 Å². The third-order valence-corrected chi connectivity index (χ3v) is 3.44. The molecule has 0 unspecified atom stereocenters. The first-order chi connectivity index (χ1) is 7.79. The van der Waals surface area contributed by atoms with E-state index in [1.165, 1.54) is 44.9 Å². The van der Waals surface area contributed by atoms with Crippen molar-refractivity contribution in [3.8, 4) is 0 Å². The van der Waals surface area contributed by atoms with E-state index in [1.54, 1.807) is 0 Å². The summed E-state index contributed by atoms with van der Waals surface area (Å²) in [5.74, 6) is 0.930. The predicted molar refractivity (Wildman–Crippen MR) is 66.2 cm³/mol. The average molecular weight is 226 g/mol. The van der Waals surface area contributed by atoms with Crippen LogP contribution in [0.5, 0.6) is 0 Å². The molecule has 0 aromatic heterocycles. The molecule has 1 saturated carbocycles. The summed E-state index contributed by atoms with van der Waals surface area (Å²) in [6.07, 6.45) is 10.4. The monoisotopic (exact) mass is 226 g/mol. The lowest BCUT2D eigenvalue weighted by Gasteiger charge is -2.01. The van der Waals surface area contributed by atoms with Gasteiger partial charge < -0.3 is 4.74 Å². The number of carbonyl (C=O) groups is 1. The van der Waals surface area contributed by atoms with E-state index in [-0.39, 0.29) is 11.9 Å². The van der Waals surface area contributed by atoms with E-state index >= 15 is 0 Å². The zero-order valence-corrected chi connectivity index (χ0v) is 10.8. The van der Waals surface area contributed by atoms with Crippen molar-refractivity contribution in [2.75, 3.05) is 6.61 Å². The summed E-state index contributed by atoms with van der Waals surface area (Å²) < 4.78 is 5.02. The van der Waals surface area contributed by atoms with Crippen molar-refractivity contribution in [3.05, 3.63) is 0 Å². The van der Waals surface area contributed by atoms with Crippen LogP contribution in [0.4, 0.5) is 0 Å². The van der Waals surface area contributed by atoms with Crippen LogP contribution in [0.1, 0.15) is 65.2 Å². The van der Waals surface area contributed by atoms with Crippen molar-refractivity contribution >= 4 is 5.97 Å². The number of hydrogen-bond acceptors (Lipinski definition) is 2. The minimum absolute atomic E-state index is 0.0403. The number of esters is 1. The highest BCUT2D eigenvalue weighted by Crippen LogP contribution is 2.43. The molecule has 2 atom stereocenters. The Labute approximate surface area is 99.8 Å². The van der Waals surface area contributed by atoms with Gasteiger partial charge in [0.2, 0.25) is 0 Å². The fourth-order valence-electron chi connectivity index (χ4n) is 2.29. The lowest BCUT2D eigenvalue weighted by Crippen LogP contribution is -2.07. The number of rotatable bonds is 9. The quantitative estimate of drug-likeness (QED) is 0.440. The van der Waals surface area contributed by atoms with E-state index in [4.69, 9.17) is 4.74 Å². The zero-order chi connectivity index (χ0) is 11.8. The van der Waals surface area contributed by atoms with Gasteiger partial charge in [-0.3, -0.25) is 4.79 Å². The molecule has 0 heterocycles. The zero-order valence-electron chi connectivity index (χ0n) is 10.8. The second-order valence-corrected chi connectivity index (χ2v) is 4.91. The van der Waals surface area contributed by atoms with Crippen molar-refractivity contribution in [3.63, 3.8) is 0 Å². The Hall–Kier alpha value is -0.530. The Balaban J connectivity index is 1.90. The number of unbranched alkanes of at least 4 members (excludes halogenated alkanes) is 5. The molecule has 0 radical (unpaired) electrons. The average Bonchev–Trinajstić information content (AvgIpc) is 3.03. The van der Waals surface area contributed by atoms with Gasteiger partial charge in [0.1, 0.15) is 0 Å². The van der Waals surface area contributed by atoms with Gasteiger partial charge in [-0.25, -0.2) is 0 Å². The lowest BCUT2D eigenvalue weighted by molar-refractivity contribution is -0.145. The van der Waals surface area contributed by atoms with Crippen LogP contribution in [0.2, 0.25) is 0 Å². The summed E-state index contributed by atoms with van der Waals surface area (Å²) in [5.41, 5.74) is 0. The van der Waals surface area contributed by atoms with Gasteiger partial charge in [0.15, 0.2) is 0 Å². The third kappa shape index (κ3) is 5.00. The Kier molecular flexibility index (Phi) is 6.51. The molecule has 0 amide bonds. The van der Waals surface area contributed by atoms with Gasteiger partial charge in [0.25, 0.3) is 0 Å². The molecule has 1 fully saturated rings. The molecular formula is C14H26O2. The molecule has 0 aromatic carbocycles. The Bertz CT molecular complexity index is 201. The van der Waals surface area contributed by atoms with Gasteiger partial charge in [-0.15, -0.1) is 0 Å². The van der Waals surface area contributed by atoms with Gasteiger partial charge in [0.05, 0.1) is 12.5 Å². The van der Waals surface area contributed by atoms with E-state index in [1.807, 2.05) is 6.92 Å². The summed E-state index contributed by atoms with van der Waals surface area (Å²) in [6.45, 7) is 4.65. The minimum atomic E-state index is 0.0403. The summed E-state index contributed by atoms with van der Waals surface area (Å²) in [4.78, 5) is 11.4. The maximum atomic E-state index is 11.4. The van der Waals surface area contributed by atoms with E-state index in [2.05, 4.69) is 6.92 Å². The van der Waals surface area contributed by atoms with Crippen LogP contribution in [-0.2, 0) is 9.53 Å². The van der Waals surface area contributed by atoms with Crippen LogP contribution in [-0.4, -0.2) is 12.6 Å². The van der Waals surface area contributed by atoms with Crippen LogP contribution in [0.25, 0.3) is 0 Å². The van der Waals surface area contributed by atoms with Gasteiger partial charge in [-0.1, -0.05) is 45.4 Å². The Morgan fingerprint density at radius 2 is 1.81 bits per heavy atom. The maximum Gasteiger partial charge on any atom is 0.309 e. The van der Waals surface area contributed by atoms with E-state index in [9.17, 15) is 4.79 Å². The highest BCUT2D eigenvalue weighted by Gasteiger charge is 2.43. The molecule has 0 N–H and O–H groups in total. The van der Waals surface area contributed by atoms with E-state index in [0.29, 0.717) is 12.5 Å². The predicted octanol–water partition coefficient (Wildman–Crippen LogP) is 3.94. The lowest BCUT2D eigenvalue weighted by atomic mass is 10.1. The molecule has 1 aliphatic rings. The largest absolute Gasteiger partial charge is 0.466 e. The standard InChI is InChI=1S/C14H26O2/c1-3-5-6-7-8-9-10-12-11-13(12)14(15)16-4-2/h12-13H,3-11H2,1-2H3/t12-,13-/m1/s1. The van der Waals surface area contributed by atoms with Crippen LogP contribution >= 0.6 is 0 Å². The fourth-order valence-corrected chi connectivity index (χ4v) is 2.29. The van der Waals surface area contributed by atoms with E-state index in [0.717, 1.165) is 6.42 Å². The normalized spacial score (nSPS) is 23.1. The molecule has 0 bridgehead atoms. The Morgan fingerprint density at radius 3 is 2.50 bits per heavy atom. The van der Waals surface area contributed by atoms with E-state index < -0.39 is 0 Å². The molecule has 2 nitrogen and oxygen atoms in total. The second kappa shape index (κ2) is 7.70. The molecule has 2 heteroatoms. The minimum Gasteiger partial charge on any atom is -0.466 e. The molecule has 94 valence electrons. The van der Waals surface area contributed by atoms with Gasteiger partial charge in [0, 0.05) is 0 Å². The molecule has 0 aromatic rings. The van der Waals surface area contributed by atoms with Gasteiger partial charge in [-0.05, 0) is 25.7 Å². The highest BCUT2D eigenvalue weighted by molar-refractivity contribution is 5.75. The van der Waals surface area contributed by atoms with Crippen molar-refractivity contribution in [2.24, 2.45) is 11.8 Å². The SMILES string of the molecule is CCCCCCCC[C@@H]1C[C@H]1C(=O)OCC. The molecule has 0 spiro atoms. The summed E-state index contributed by atoms with van der Waals surface area (Å²) in [6, 6.07) is 0. The topological polar surface area (TPSA) is 26.3 Å². The molecular weight excluding hydrogens is 200 g/mol. The fraction of sp³-hybridized carbons (Fsp3) is 0.929. The van der Waals surface area contributed by atoms with Gasteiger partial charge in [-0.2, -0.15) is 0 Å². The highest BCUT2D eigenvalue weighted by atomic mass is 16.5. The number of ether oxygens (including phenoxy) is 1. The molecule has 1 rings (SSSR count). The molecule has 1 aliphatic carbocycles. The van der Waals surface area contributed by atoms with Crippen molar-refractivity contribution in [1.82, 2.24) is 0 Å². The van der Waals surface area contributed by atoms with Crippen LogP contribution in [0.3, 0.4) is 0 Å². The summed E-state index contributed by atoms with van der Waals surface area (Å²) in [7, 11) is 0. The molecule has 0 saturated heterocycles. The van der Waals surface area contributed by atoms with Gasteiger partial charge >= 0.3 is 5.97 Å². The number of hydrogen-bond donors (Lipinski definition) is 0. The first kappa shape index (κ1) is 13.5. The summed E-state index contributed by atoms with van der Waals surface area (Å²) in [5, 5.41) is 0. The molecule has 16 heavy (non-hydrogen) atoms. The van der Waals surface area contributed by atoms with Crippen LogP contribution < -0.4 is 0 Å². The van der Waals surface area contributed by atoms with Crippen LogP contribution in [0, 0.1) is 11.8 Å². The first-order valence-electron chi connectivity index (χ1n) is 6.96. The van der Waals surface area contributed by atoms with Crippen molar-refractivity contribution in [2.45, 2.75) is 65.2 Å².